The van der Waals surface area contributed by atoms with Crippen molar-refractivity contribution < 1.29 is 13.9 Å². The third-order valence-corrected chi connectivity index (χ3v) is 4.85. The summed E-state index contributed by atoms with van der Waals surface area (Å²) in [6.45, 7) is 5.38. The van der Waals surface area contributed by atoms with Gasteiger partial charge in [0.2, 0.25) is 0 Å². The first-order valence-corrected chi connectivity index (χ1v) is 9.31. The molecule has 1 amide bonds. The Morgan fingerprint density at radius 1 is 1.07 bits per heavy atom. The Morgan fingerprint density at radius 2 is 1.78 bits per heavy atom. The van der Waals surface area contributed by atoms with Crippen LogP contribution in [-0.2, 0) is 0 Å². The van der Waals surface area contributed by atoms with E-state index in [-0.39, 0.29) is 11.7 Å². The molecule has 2 aromatic carbocycles. The van der Waals surface area contributed by atoms with Crippen LogP contribution >= 0.6 is 0 Å². The van der Waals surface area contributed by atoms with Gasteiger partial charge in [0.25, 0.3) is 5.91 Å². The van der Waals surface area contributed by atoms with Gasteiger partial charge in [0.1, 0.15) is 11.6 Å². The lowest BCUT2D eigenvalue weighted by molar-refractivity contribution is 0.0948. The van der Waals surface area contributed by atoms with E-state index in [1.807, 2.05) is 24.3 Å². The number of piperazine rings is 1. The zero-order valence-corrected chi connectivity index (χ0v) is 15.7. The summed E-state index contributed by atoms with van der Waals surface area (Å²) in [4.78, 5) is 16.9. The smallest absolute Gasteiger partial charge is 0.255 e. The summed E-state index contributed by atoms with van der Waals surface area (Å²) in [6, 6.07) is 13.9. The molecule has 5 nitrogen and oxygen atoms in total. The van der Waals surface area contributed by atoms with Crippen LogP contribution in [0.15, 0.2) is 48.5 Å². The summed E-state index contributed by atoms with van der Waals surface area (Å²) >= 11 is 0. The molecule has 1 fully saturated rings. The SMILES string of the molecule is COc1ccccc1C(=O)NCCCN1CCN(c2ccc(F)cc2)CC1. The molecular formula is C21H26FN3O2. The summed E-state index contributed by atoms with van der Waals surface area (Å²) in [5.41, 5.74) is 1.63. The van der Waals surface area contributed by atoms with E-state index in [2.05, 4.69) is 15.1 Å². The van der Waals surface area contributed by atoms with Crippen molar-refractivity contribution in [2.75, 3.05) is 51.3 Å². The van der Waals surface area contributed by atoms with Gasteiger partial charge >= 0.3 is 0 Å². The van der Waals surface area contributed by atoms with Crippen molar-refractivity contribution in [3.8, 4) is 5.75 Å². The third kappa shape index (κ3) is 5.20. The van der Waals surface area contributed by atoms with Crippen molar-refractivity contribution in [3.63, 3.8) is 0 Å². The third-order valence-electron chi connectivity index (χ3n) is 4.85. The molecule has 144 valence electrons. The molecule has 0 aliphatic carbocycles. The zero-order valence-electron chi connectivity index (χ0n) is 15.7. The van der Waals surface area contributed by atoms with Crippen LogP contribution in [0, 0.1) is 5.82 Å². The van der Waals surface area contributed by atoms with Gasteiger partial charge in [0.15, 0.2) is 0 Å². The second kappa shape index (κ2) is 9.37. The number of anilines is 1. The first kappa shape index (κ1) is 19.2. The summed E-state index contributed by atoms with van der Waals surface area (Å²) < 4.78 is 18.3. The van der Waals surface area contributed by atoms with Crippen LogP contribution in [0.4, 0.5) is 10.1 Å². The van der Waals surface area contributed by atoms with Crippen LogP contribution in [0.3, 0.4) is 0 Å². The van der Waals surface area contributed by atoms with Gasteiger partial charge in [-0.2, -0.15) is 0 Å². The summed E-state index contributed by atoms with van der Waals surface area (Å²) in [6.07, 6.45) is 0.900. The Kier molecular flexibility index (Phi) is 6.65. The monoisotopic (exact) mass is 371 g/mol. The number of hydrogen-bond donors (Lipinski definition) is 1. The lowest BCUT2D eigenvalue weighted by atomic mass is 10.2. The lowest BCUT2D eigenvalue weighted by Gasteiger charge is -2.36. The Hall–Kier alpha value is -2.60. The minimum absolute atomic E-state index is 0.103. The number of hydrogen-bond acceptors (Lipinski definition) is 4. The highest BCUT2D eigenvalue weighted by molar-refractivity contribution is 5.96. The number of carbonyl (C=O) groups excluding carboxylic acids is 1. The topological polar surface area (TPSA) is 44.8 Å². The average molecular weight is 371 g/mol. The lowest BCUT2D eigenvalue weighted by Crippen LogP contribution is -2.47. The Bertz CT molecular complexity index is 743. The molecule has 2 aromatic rings. The number of para-hydroxylation sites is 1. The van der Waals surface area contributed by atoms with Crippen LogP contribution in [0.5, 0.6) is 5.75 Å². The number of nitrogens with one attached hydrogen (secondary N) is 1. The molecule has 1 N–H and O–H groups in total. The fraction of sp³-hybridized carbons (Fsp3) is 0.381. The number of benzene rings is 2. The molecule has 0 radical (unpaired) electrons. The van der Waals surface area contributed by atoms with Crippen molar-refractivity contribution in [2.45, 2.75) is 6.42 Å². The molecule has 0 bridgehead atoms. The maximum Gasteiger partial charge on any atom is 0.255 e. The van der Waals surface area contributed by atoms with Gasteiger partial charge in [-0.3, -0.25) is 9.69 Å². The number of nitrogens with zero attached hydrogens (tertiary/aromatic N) is 2. The van der Waals surface area contributed by atoms with E-state index in [0.29, 0.717) is 17.9 Å². The van der Waals surface area contributed by atoms with Gasteiger partial charge in [0.05, 0.1) is 12.7 Å². The first-order valence-electron chi connectivity index (χ1n) is 9.31. The molecule has 0 spiro atoms. The summed E-state index contributed by atoms with van der Waals surface area (Å²) in [5, 5.41) is 2.96. The minimum Gasteiger partial charge on any atom is -0.496 e. The number of carbonyl (C=O) groups is 1. The van der Waals surface area contributed by atoms with E-state index in [1.165, 1.54) is 12.1 Å². The molecule has 0 atom stereocenters. The van der Waals surface area contributed by atoms with Crippen LogP contribution in [0.2, 0.25) is 0 Å². The van der Waals surface area contributed by atoms with E-state index < -0.39 is 0 Å². The van der Waals surface area contributed by atoms with Crippen molar-refractivity contribution in [1.82, 2.24) is 10.2 Å². The highest BCUT2D eigenvalue weighted by Crippen LogP contribution is 2.18. The molecule has 27 heavy (non-hydrogen) atoms. The average Bonchev–Trinajstić information content (AvgIpc) is 2.72. The van der Waals surface area contributed by atoms with Gasteiger partial charge in [-0.05, 0) is 49.4 Å². The normalized spacial score (nSPS) is 14.8. The van der Waals surface area contributed by atoms with E-state index in [1.54, 1.807) is 19.2 Å². The van der Waals surface area contributed by atoms with Gasteiger partial charge in [-0.25, -0.2) is 4.39 Å². The second-order valence-electron chi connectivity index (χ2n) is 6.61. The molecule has 6 heteroatoms. The number of rotatable bonds is 7. The van der Waals surface area contributed by atoms with E-state index >= 15 is 0 Å². The molecule has 1 aliphatic rings. The highest BCUT2D eigenvalue weighted by atomic mass is 19.1. The standard InChI is InChI=1S/C21H26FN3O2/c1-27-20-6-3-2-5-19(20)21(26)23-11-4-12-24-13-15-25(16-14-24)18-9-7-17(22)8-10-18/h2-3,5-10H,4,11-16H2,1H3,(H,23,26). The molecule has 1 saturated heterocycles. The predicted molar refractivity (Wildman–Crippen MR) is 105 cm³/mol. The summed E-state index contributed by atoms with van der Waals surface area (Å²) in [7, 11) is 1.57. The minimum atomic E-state index is -0.201. The largest absolute Gasteiger partial charge is 0.496 e. The van der Waals surface area contributed by atoms with E-state index in [0.717, 1.165) is 44.8 Å². The molecule has 0 unspecified atom stereocenters. The van der Waals surface area contributed by atoms with Crippen LogP contribution in [-0.4, -0.2) is 57.2 Å². The number of halogens is 1. The zero-order chi connectivity index (χ0) is 19.1. The van der Waals surface area contributed by atoms with Crippen LogP contribution in [0.25, 0.3) is 0 Å². The predicted octanol–water partition coefficient (Wildman–Crippen LogP) is 2.78. The van der Waals surface area contributed by atoms with E-state index in [4.69, 9.17) is 4.74 Å². The Balaban J connectivity index is 1.37. The first-order chi connectivity index (χ1) is 13.2. The molecule has 3 rings (SSSR count). The number of amides is 1. The van der Waals surface area contributed by atoms with Gasteiger partial charge < -0.3 is 15.0 Å². The number of methoxy groups -OCH3 is 1. The fourth-order valence-corrected chi connectivity index (χ4v) is 3.31. The Morgan fingerprint density at radius 3 is 2.48 bits per heavy atom. The van der Waals surface area contributed by atoms with Gasteiger partial charge in [-0.15, -0.1) is 0 Å². The Labute approximate surface area is 159 Å². The van der Waals surface area contributed by atoms with E-state index in [9.17, 15) is 9.18 Å². The van der Waals surface area contributed by atoms with Crippen LogP contribution in [0.1, 0.15) is 16.8 Å². The van der Waals surface area contributed by atoms with Crippen molar-refractivity contribution in [1.29, 1.82) is 0 Å². The molecular weight excluding hydrogens is 345 g/mol. The molecule has 0 aromatic heterocycles. The molecule has 1 aliphatic heterocycles. The quantitative estimate of drug-likeness (QED) is 0.761. The maximum absolute atomic E-state index is 13.0. The van der Waals surface area contributed by atoms with Crippen LogP contribution < -0.4 is 15.0 Å². The van der Waals surface area contributed by atoms with Crippen molar-refractivity contribution in [2.24, 2.45) is 0 Å². The molecule has 0 saturated carbocycles. The highest BCUT2D eigenvalue weighted by Gasteiger charge is 2.17. The fourth-order valence-electron chi connectivity index (χ4n) is 3.31. The number of ether oxygens (including phenoxy) is 1. The molecule has 1 heterocycles. The van der Waals surface area contributed by atoms with Gasteiger partial charge in [0, 0.05) is 38.4 Å². The second-order valence-corrected chi connectivity index (χ2v) is 6.61. The summed E-state index contributed by atoms with van der Waals surface area (Å²) in [5.74, 6) is 0.285. The van der Waals surface area contributed by atoms with Crippen molar-refractivity contribution in [3.05, 3.63) is 59.9 Å². The van der Waals surface area contributed by atoms with Crippen molar-refractivity contribution >= 4 is 11.6 Å². The maximum atomic E-state index is 13.0. The van der Waals surface area contributed by atoms with Gasteiger partial charge in [-0.1, -0.05) is 12.1 Å².